The fourth-order valence-electron chi connectivity index (χ4n) is 2.52. The molecule has 1 heterocycles. The lowest BCUT2D eigenvalue weighted by molar-refractivity contribution is 0.200. The van der Waals surface area contributed by atoms with Gasteiger partial charge in [0.1, 0.15) is 10.8 Å². The number of hydrogen-bond acceptors (Lipinski definition) is 6. The third-order valence-electron chi connectivity index (χ3n) is 3.84. The number of aromatic nitrogens is 2. The zero-order valence-corrected chi connectivity index (χ0v) is 17.8. The van der Waals surface area contributed by atoms with Crippen LogP contribution in [0.4, 0.5) is 9.93 Å². The highest BCUT2D eigenvalue weighted by atomic mass is 32.1. The van der Waals surface area contributed by atoms with Crippen LogP contribution < -0.4 is 10.6 Å². The van der Waals surface area contributed by atoms with Gasteiger partial charge in [-0.1, -0.05) is 52.9 Å². The minimum absolute atomic E-state index is 0.0679. The second-order valence-corrected chi connectivity index (χ2v) is 9.60. The van der Waals surface area contributed by atoms with Crippen molar-refractivity contribution in [1.82, 2.24) is 15.5 Å². The molecule has 0 fully saturated rings. The summed E-state index contributed by atoms with van der Waals surface area (Å²) in [5.74, 6) is 0.299. The van der Waals surface area contributed by atoms with Crippen molar-refractivity contribution in [2.24, 2.45) is 0 Å². The largest absolute Gasteiger partial charge is 0.507 e. The summed E-state index contributed by atoms with van der Waals surface area (Å²) >= 11 is 6.15. The van der Waals surface area contributed by atoms with Crippen molar-refractivity contribution in [1.29, 1.82) is 0 Å². The molecule has 1 amide bonds. The van der Waals surface area contributed by atoms with Crippen molar-refractivity contribution in [3.05, 3.63) is 23.3 Å². The van der Waals surface area contributed by atoms with Crippen LogP contribution in [-0.4, -0.2) is 31.6 Å². The Morgan fingerprint density at radius 1 is 1.07 bits per heavy atom. The predicted octanol–water partition coefficient (Wildman–Crippen LogP) is 4.47. The molecule has 27 heavy (non-hydrogen) atoms. The van der Waals surface area contributed by atoms with Crippen molar-refractivity contribution < 1.29 is 15.0 Å². The molecule has 9 heteroatoms. The summed E-state index contributed by atoms with van der Waals surface area (Å²) in [6.45, 7) is 12.3. The molecule has 0 saturated carbocycles. The number of carboxylic acid groups (broad SMARTS) is 1. The van der Waals surface area contributed by atoms with Crippen LogP contribution in [0, 0.1) is 0 Å². The van der Waals surface area contributed by atoms with Gasteiger partial charge in [-0.15, -0.1) is 10.2 Å². The van der Waals surface area contributed by atoms with E-state index in [4.69, 9.17) is 17.3 Å². The van der Waals surface area contributed by atoms with Crippen LogP contribution in [-0.2, 0) is 10.8 Å². The number of nitrogens with zero attached hydrogens (tertiary/aromatic N) is 2. The Hall–Kier alpha value is -2.26. The summed E-state index contributed by atoms with van der Waals surface area (Å²) < 4.78 is 0. The lowest BCUT2D eigenvalue weighted by atomic mass is 9.78. The Morgan fingerprint density at radius 3 is 2.04 bits per heavy atom. The number of phenols is 1. The van der Waals surface area contributed by atoms with E-state index in [-0.39, 0.29) is 15.9 Å². The van der Waals surface area contributed by atoms with E-state index in [1.54, 1.807) is 0 Å². The topological polar surface area (TPSA) is 107 Å². The van der Waals surface area contributed by atoms with Gasteiger partial charge in [0, 0.05) is 16.7 Å². The number of aromatic hydroxyl groups is 1. The summed E-state index contributed by atoms with van der Waals surface area (Å²) in [5.41, 5.74) is 2.00. The van der Waals surface area contributed by atoms with Crippen molar-refractivity contribution >= 4 is 39.9 Å². The third-order valence-corrected chi connectivity index (χ3v) is 4.93. The van der Waals surface area contributed by atoms with Gasteiger partial charge in [-0.25, -0.2) is 4.79 Å². The van der Waals surface area contributed by atoms with E-state index in [1.165, 1.54) is 11.3 Å². The number of amides is 1. The van der Waals surface area contributed by atoms with Gasteiger partial charge in [-0.2, -0.15) is 0 Å². The zero-order chi connectivity index (χ0) is 20.6. The van der Waals surface area contributed by atoms with Crippen molar-refractivity contribution in [3.8, 4) is 16.3 Å². The molecule has 0 unspecified atom stereocenters. The molecule has 1 aromatic heterocycles. The van der Waals surface area contributed by atoms with Crippen molar-refractivity contribution in [2.45, 2.75) is 52.4 Å². The van der Waals surface area contributed by atoms with Crippen LogP contribution in [0.5, 0.6) is 5.75 Å². The second kappa shape index (κ2) is 7.40. The fourth-order valence-corrected chi connectivity index (χ4v) is 3.50. The van der Waals surface area contributed by atoms with Gasteiger partial charge >= 0.3 is 6.09 Å². The molecule has 4 N–H and O–H groups in total. The van der Waals surface area contributed by atoms with Crippen molar-refractivity contribution in [2.75, 3.05) is 5.32 Å². The van der Waals surface area contributed by atoms with Gasteiger partial charge in [0.15, 0.2) is 5.11 Å². The molecule has 2 rings (SSSR count). The van der Waals surface area contributed by atoms with Gasteiger partial charge in [0.2, 0.25) is 5.13 Å². The van der Waals surface area contributed by atoms with E-state index < -0.39 is 6.09 Å². The molecule has 1 aromatic carbocycles. The van der Waals surface area contributed by atoms with Crippen LogP contribution in [0.2, 0.25) is 0 Å². The van der Waals surface area contributed by atoms with Gasteiger partial charge in [0.05, 0.1) is 0 Å². The van der Waals surface area contributed by atoms with E-state index in [0.29, 0.717) is 15.9 Å². The molecule has 146 valence electrons. The summed E-state index contributed by atoms with van der Waals surface area (Å²) in [5, 5.41) is 33.4. The van der Waals surface area contributed by atoms with E-state index in [9.17, 15) is 9.90 Å². The molecule has 0 aliphatic rings. The molecule has 7 nitrogen and oxygen atoms in total. The average molecular weight is 409 g/mol. The van der Waals surface area contributed by atoms with Crippen LogP contribution >= 0.6 is 23.6 Å². The maximum Gasteiger partial charge on any atom is 0.410 e. The van der Waals surface area contributed by atoms with Crippen LogP contribution in [0.3, 0.4) is 0 Å². The highest BCUT2D eigenvalue weighted by molar-refractivity contribution is 7.80. The zero-order valence-electron chi connectivity index (χ0n) is 16.2. The van der Waals surface area contributed by atoms with Crippen LogP contribution in [0.15, 0.2) is 12.1 Å². The summed E-state index contributed by atoms with van der Waals surface area (Å²) in [4.78, 5) is 10.6. The molecule has 0 bridgehead atoms. The van der Waals surface area contributed by atoms with Crippen LogP contribution in [0.1, 0.15) is 52.7 Å². The number of thiocarbonyl (C=S) groups is 1. The van der Waals surface area contributed by atoms with Crippen molar-refractivity contribution in [3.63, 3.8) is 0 Å². The number of nitrogens with one attached hydrogen (secondary N) is 2. The fraction of sp³-hybridized carbons (Fsp3) is 0.444. The predicted molar refractivity (Wildman–Crippen MR) is 112 cm³/mol. The van der Waals surface area contributed by atoms with E-state index in [0.717, 1.165) is 16.7 Å². The van der Waals surface area contributed by atoms with Gasteiger partial charge < -0.3 is 15.5 Å². The van der Waals surface area contributed by atoms with Gasteiger partial charge in [0.25, 0.3) is 0 Å². The first-order chi connectivity index (χ1) is 12.3. The van der Waals surface area contributed by atoms with E-state index in [2.05, 4.69) is 15.5 Å². The van der Waals surface area contributed by atoms with Crippen LogP contribution in [0.25, 0.3) is 10.6 Å². The number of hydrogen-bond donors (Lipinski definition) is 4. The quantitative estimate of drug-likeness (QED) is 0.543. The van der Waals surface area contributed by atoms with E-state index in [1.807, 2.05) is 59.0 Å². The monoisotopic (exact) mass is 408 g/mol. The molecule has 2 aromatic rings. The molecular weight excluding hydrogens is 384 g/mol. The number of carbonyl (C=O) groups is 1. The molecule has 0 radical (unpaired) electrons. The molecule has 0 spiro atoms. The Balaban J connectivity index is 2.47. The minimum atomic E-state index is -1.25. The van der Waals surface area contributed by atoms with E-state index >= 15 is 0 Å². The standard InChI is InChI=1S/C18H24N4O3S2/c1-17(2,3)10-7-9(8-11(12(10)23)18(4,5)6)13-21-22-15(27-13)19-14(26)20-16(24)25/h7-8,23H,1-6H3,(H,24,25)(H2,19,20,22,26). The van der Waals surface area contributed by atoms with Gasteiger partial charge in [-0.3, -0.25) is 5.32 Å². The SMILES string of the molecule is CC(C)(C)c1cc(-c2nnc(NC(=S)NC(=O)O)s2)cc(C(C)(C)C)c1O. The molecule has 0 aliphatic carbocycles. The first-order valence-corrected chi connectivity index (χ1v) is 9.54. The number of rotatable bonds is 2. The molecule has 0 aliphatic heterocycles. The Kier molecular flexibility index (Phi) is 5.77. The normalized spacial score (nSPS) is 11.9. The molecular formula is C18H24N4O3S2. The van der Waals surface area contributed by atoms with Gasteiger partial charge in [-0.05, 0) is 35.2 Å². The second-order valence-electron chi connectivity index (χ2n) is 8.22. The summed E-state index contributed by atoms with van der Waals surface area (Å²) in [6, 6.07) is 3.84. The minimum Gasteiger partial charge on any atom is -0.507 e. The highest BCUT2D eigenvalue weighted by Gasteiger charge is 2.27. The number of anilines is 1. The third kappa shape index (κ3) is 5.14. The summed E-state index contributed by atoms with van der Waals surface area (Å²) in [6.07, 6.45) is -1.25. The maximum absolute atomic E-state index is 10.8. The smallest absolute Gasteiger partial charge is 0.410 e. The number of benzene rings is 1. The summed E-state index contributed by atoms with van der Waals surface area (Å²) in [7, 11) is 0. The Morgan fingerprint density at radius 2 is 1.59 bits per heavy atom. The lowest BCUT2D eigenvalue weighted by Crippen LogP contribution is -2.32. The first-order valence-electron chi connectivity index (χ1n) is 8.32. The first kappa shape index (κ1) is 21.0. The molecule has 0 atom stereocenters. The Labute approximate surface area is 167 Å². The number of phenolic OH excluding ortho intramolecular Hbond substituents is 1. The average Bonchev–Trinajstić information content (AvgIpc) is 2.92. The Bertz CT molecular complexity index is 844. The highest BCUT2D eigenvalue weighted by Crippen LogP contribution is 2.42. The lowest BCUT2D eigenvalue weighted by Gasteiger charge is -2.27. The molecule has 0 saturated heterocycles. The maximum atomic E-state index is 10.8.